The fraction of sp³-hybridized carbons (Fsp3) is 1.00. The lowest BCUT2D eigenvalue weighted by atomic mass is 9.94. The molecule has 0 fully saturated rings. The highest BCUT2D eigenvalue weighted by atomic mass is 28.5. The zero-order valence-corrected chi connectivity index (χ0v) is 15.9. The van der Waals surface area contributed by atoms with Gasteiger partial charge in [0.25, 0.3) is 0 Å². The molecule has 0 radical (unpaired) electrons. The molecule has 98 valence electrons. The number of hydrogen-bond acceptors (Lipinski definition) is 2. The predicted molar refractivity (Wildman–Crippen MR) is 80.4 cm³/mol. The highest BCUT2D eigenvalue weighted by Gasteiger charge is 2.34. The fourth-order valence-electron chi connectivity index (χ4n) is 1.77. The first kappa shape index (κ1) is 16.6. The summed E-state index contributed by atoms with van der Waals surface area (Å²) in [4.78, 5) is 0. The highest BCUT2D eigenvalue weighted by molar-refractivity contribution is 6.83. The van der Waals surface area contributed by atoms with E-state index >= 15 is 0 Å². The third-order valence-electron chi connectivity index (χ3n) is 2.49. The van der Waals surface area contributed by atoms with Gasteiger partial charge in [0.1, 0.15) is 9.76 Å². The Hall–Kier alpha value is 0.571. The van der Waals surface area contributed by atoms with E-state index in [1.165, 1.54) is 12.5 Å². The molecule has 0 unspecified atom stereocenters. The largest absolute Gasteiger partial charge is 0.442 e. The molecule has 0 saturated heterocycles. The second kappa shape index (κ2) is 5.95. The van der Waals surface area contributed by atoms with Gasteiger partial charge < -0.3 is 8.23 Å². The maximum atomic E-state index is 6.35. The van der Waals surface area contributed by atoms with E-state index in [0.717, 1.165) is 0 Å². The molecule has 0 bridgehead atoms. The van der Waals surface area contributed by atoms with Gasteiger partial charge in [-0.15, -0.1) is 0 Å². The summed E-state index contributed by atoms with van der Waals surface area (Å²) in [5, 5.41) is 0. The van der Waals surface area contributed by atoms with Crippen molar-refractivity contribution < 1.29 is 8.23 Å². The van der Waals surface area contributed by atoms with Crippen LogP contribution < -0.4 is 0 Å². The standard InChI is InChI=1S/C11H30O2Si3/c1-11(2,3)9-10-15(5,6)13-16(7,8)12-14-4/h9-10,14H2,1-8H3. The molecular formula is C11H30O2Si3. The van der Waals surface area contributed by atoms with E-state index in [1.54, 1.807) is 0 Å². The molecule has 0 amide bonds. The minimum absolute atomic E-state index is 0.342. The van der Waals surface area contributed by atoms with Gasteiger partial charge in [-0.25, -0.2) is 0 Å². The summed E-state index contributed by atoms with van der Waals surface area (Å²) in [6, 6.07) is 1.24. The van der Waals surface area contributed by atoms with Gasteiger partial charge in [-0.1, -0.05) is 27.3 Å². The van der Waals surface area contributed by atoms with E-state index in [0.29, 0.717) is 5.41 Å². The lowest BCUT2D eigenvalue weighted by Gasteiger charge is -2.35. The van der Waals surface area contributed by atoms with Crippen LogP contribution in [0.15, 0.2) is 0 Å². The van der Waals surface area contributed by atoms with Crippen LogP contribution in [0.3, 0.4) is 0 Å². The molecule has 0 aliphatic carbocycles. The summed E-state index contributed by atoms with van der Waals surface area (Å²) in [6.07, 6.45) is 1.25. The van der Waals surface area contributed by atoms with Crippen molar-refractivity contribution in [2.24, 2.45) is 5.41 Å². The molecule has 0 aromatic carbocycles. The normalized spacial score (nSPS) is 15.0. The maximum absolute atomic E-state index is 6.35. The van der Waals surface area contributed by atoms with Crippen molar-refractivity contribution in [1.82, 2.24) is 0 Å². The van der Waals surface area contributed by atoms with Crippen molar-refractivity contribution in [2.75, 3.05) is 0 Å². The highest BCUT2D eigenvalue weighted by Crippen LogP contribution is 2.28. The SMILES string of the molecule is C[SiH2]O[Si](C)(C)O[Si](C)(C)CCC(C)(C)C. The van der Waals surface area contributed by atoms with Crippen LogP contribution in [0.25, 0.3) is 0 Å². The van der Waals surface area contributed by atoms with Gasteiger partial charge in [-0.3, -0.25) is 0 Å². The molecule has 0 N–H and O–H groups in total. The Kier molecular flexibility index (Phi) is 6.16. The average molecular weight is 279 g/mol. The molecule has 0 atom stereocenters. The molecule has 0 aliphatic heterocycles. The molecule has 0 rings (SSSR count). The molecule has 0 aromatic rings. The van der Waals surface area contributed by atoms with Crippen LogP contribution in [0.1, 0.15) is 27.2 Å². The molecule has 2 nitrogen and oxygen atoms in total. The molecule has 5 heteroatoms. The lowest BCUT2D eigenvalue weighted by Crippen LogP contribution is -2.47. The van der Waals surface area contributed by atoms with Gasteiger partial charge in [0.05, 0.1) is 0 Å². The fourth-order valence-corrected chi connectivity index (χ4v) is 12.4. The number of hydrogen-bond donors (Lipinski definition) is 0. The summed E-state index contributed by atoms with van der Waals surface area (Å²) < 4.78 is 12.2. The smallest absolute Gasteiger partial charge is 0.310 e. The van der Waals surface area contributed by atoms with Crippen LogP contribution in [0, 0.1) is 5.41 Å². The first-order valence-electron chi connectivity index (χ1n) is 6.32. The van der Waals surface area contributed by atoms with Crippen LogP contribution in [0.5, 0.6) is 0 Å². The summed E-state index contributed by atoms with van der Waals surface area (Å²) in [7, 11) is -3.68. The Morgan fingerprint density at radius 2 is 1.56 bits per heavy atom. The Labute approximate surface area is 106 Å². The minimum Gasteiger partial charge on any atom is -0.442 e. The Morgan fingerprint density at radius 1 is 1.06 bits per heavy atom. The topological polar surface area (TPSA) is 18.5 Å². The van der Waals surface area contributed by atoms with Gasteiger partial charge in [0, 0.05) is 0 Å². The van der Waals surface area contributed by atoms with Crippen LogP contribution in [-0.4, -0.2) is 26.6 Å². The molecule has 0 saturated carbocycles. The van der Waals surface area contributed by atoms with Crippen molar-refractivity contribution in [2.45, 2.75) is 66.0 Å². The maximum Gasteiger partial charge on any atom is 0.310 e. The average Bonchev–Trinajstić information content (AvgIpc) is 1.97. The molecular weight excluding hydrogens is 248 g/mol. The monoisotopic (exact) mass is 278 g/mol. The molecule has 0 spiro atoms. The first-order chi connectivity index (χ1) is 6.97. The third kappa shape index (κ3) is 8.69. The summed E-state index contributed by atoms with van der Waals surface area (Å²) >= 11 is 0. The van der Waals surface area contributed by atoms with Gasteiger partial charge in [-0.05, 0) is 44.1 Å². The zero-order valence-electron chi connectivity index (χ0n) is 12.4. The van der Waals surface area contributed by atoms with Crippen molar-refractivity contribution in [3.63, 3.8) is 0 Å². The van der Waals surface area contributed by atoms with Crippen molar-refractivity contribution >= 4 is 26.6 Å². The van der Waals surface area contributed by atoms with Crippen LogP contribution in [0.4, 0.5) is 0 Å². The zero-order chi connectivity index (χ0) is 13.0. The molecule has 16 heavy (non-hydrogen) atoms. The van der Waals surface area contributed by atoms with E-state index < -0.39 is 16.9 Å². The van der Waals surface area contributed by atoms with Crippen molar-refractivity contribution in [1.29, 1.82) is 0 Å². The van der Waals surface area contributed by atoms with Gasteiger partial charge in [0.15, 0.2) is 8.32 Å². The van der Waals surface area contributed by atoms with Gasteiger partial charge in [0.2, 0.25) is 0 Å². The lowest BCUT2D eigenvalue weighted by molar-refractivity contribution is 0.371. The first-order valence-corrected chi connectivity index (χ1v) is 14.2. The van der Waals surface area contributed by atoms with Crippen LogP contribution in [-0.2, 0) is 8.23 Å². The Bertz CT molecular complexity index is 210. The second-order valence-corrected chi connectivity index (χ2v) is 16.1. The van der Waals surface area contributed by atoms with E-state index in [-0.39, 0.29) is 9.76 Å². The third-order valence-corrected chi connectivity index (χ3v) is 12.1. The van der Waals surface area contributed by atoms with E-state index in [9.17, 15) is 0 Å². The quantitative estimate of drug-likeness (QED) is 0.693. The summed E-state index contributed by atoms with van der Waals surface area (Å²) in [6.45, 7) is 18.1. The Balaban J connectivity index is 4.23. The number of rotatable bonds is 6. The second-order valence-electron chi connectivity index (χ2n) is 6.76. The van der Waals surface area contributed by atoms with E-state index in [2.05, 4.69) is 53.5 Å². The molecule has 0 aliphatic rings. The van der Waals surface area contributed by atoms with Crippen molar-refractivity contribution in [3.05, 3.63) is 0 Å². The van der Waals surface area contributed by atoms with Crippen LogP contribution in [0.2, 0.25) is 38.8 Å². The van der Waals surface area contributed by atoms with E-state index in [4.69, 9.17) is 8.23 Å². The molecule has 0 heterocycles. The van der Waals surface area contributed by atoms with E-state index in [1.807, 2.05) is 0 Å². The molecule has 0 aromatic heterocycles. The van der Waals surface area contributed by atoms with Crippen molar-refractivity contribution in [3.8, 4) is 0 Å². The van der Waals surface area contributed by atoms with Crippen LogP contribution >= 0.6 is 0 Å². The van der Waals surface area contributed by atoms with Gasteiger partial charge >= 0.3 is 8.56 Å². The van der Waals surface area contributed by atoms with Gasteiger partial charge in [-0.2, -0.15) is 0 Å². The summed E-state index contributed by atoms with van der Waals surface area (Å²) in [5.41, 5.74) is 0.416. The predicted octanol–water partition coefficient (Wildman–Crippen LogP) is 3.49. The minimum atomic E-state index is -1.81. The summed E-state index contributed by atoms with van der Waals surface area (Å²) in [5.74, 6) is 0. The Morgan fingerprint density at radius 3 is 1.94 bits per heavy atom.